The van der Waals surface area contributed by atoms with Gasteiger partial charge in [-0.3, -0.25) is 0 Å². The first kappa shape index (κ1) is 15.5. The summed E-state index contributed by atoms with van der Waals surface area (Å²) in [6, 6.07) is 2.93. The van der Waals surface area contributed by atoms with E-state index in [-0.39, 0.29) is 23.0 Å². The number of sulfone groups is 1. The summed E-state index contributed by atoms with van der Waals surface area (Å²) in [6.07, 6.45) is 0.263. The Bertz CT molecular complexity index is 692. The van der Waals surface area contributed by atoms with Crippen LogP contribution in [0.3, 0.4) is 0 Å². The molecule has 0 saturated carbocycles. The van der Waals surface area contributed by atoms with E-state index in [1.807, 2.05) is 0 Å². The van der Waals surface area contributed by atoms with Crippen molar-refractivity contribution in [1.29, 1.82) is 0 Å². The van der Waals surface area contributed by atoms with E-state index in [1.165, 1.54) is 6.07 Å². The third-order valence-corrected chi connectivity index (χ3v) is 6.55. The molecule has 0 bridgehead atoms. The summed E-state index contributed by atoms with van der Waals surface area (Å²) in [7, 11) is -5.32. The van der Waals surface area contributed by atoms with E-state index in [4.69, 9.17) is 4.42 Å². The predicted molar refractivity (Wildman–Crippen MR) is 73.5 cm³/mol. The molecule has 1 aromatic heterocycles. The van der Waals surface area contributed by atoms with Crippen LogP contribution in [0.2, 0.25) is 0 Å². The highest BCUT2D eigenvalue weighted by molar-refractivity contribution is 7.92. The van der Waals surface area contributed by atoms with E-state index < -0.39 is 25.4 Å². The van der Waals surface area contributed by atoms with E-state index in [2.05, 4.69) is 10.0 Å². The molecule has 1 fully saturated rings. The van der Waals surface area contributed by atoms with Gasteiger partial charge in [0.05, 0.1) is 18.1 Å². The normalized spacial score (nSPS) is 25.9. The monoisotopic (exact) mass is 322 g/mol. The molecule has 20 heavy (non-hydrogen) atoms. The van der Waals surface area contributed by atoms with Crippen molar-refractivity contribution in [3.63, 3.8) is 0 Å². The molecule has 1 unspecified atom stereocenters. The highest BCUT2D eigenvalue weighted by Crippen LogP contribution is 2.25. The molecule has 114 valence electrons. The van der Waals surface area contributed by atoms with E-state index in [9.17, 15) is 16.8 Å². The van der Waals surface area contributed by atoms with Crippen LogP contribution in [0.1, 0.15) is 19.1 Å². The average Bonchev–Trinajstić information content (AvgIpc) is 2.84. The Labute approximate surface area is 118 Å². The van der Waals surface area contributed by atoms with Gasteiger partial charge < -0.3 is 9.73 Å². The van der Waals surface area contributed by atoms with Gasteiger partial charge in [-0.2, -0.15) is 0 Å². The molecule has 0 aliphatic carbocycles. The number of sulfonamides is 1. The highest BCUT2D eigenvalue weighted by atomic mass is 32.2. The van der Waals surface area contributed by atoms with Crippen molar-refractivity contribution in [3.8, 4) is 0 Å². The fourth-order valence-electron chi connectivity index (χ4n) is 2.24. The molecule has 1 atom stereocenters. The Morgan fingerprint density at radius 1 is 1.40 bits per heavy atom. The topological polar surface area (TPSA) is 105 Å². The molecule has 2 rings (SSSR count). The van der Waals surface area contributed by atoms with Crippen LogP contribution in [0.4, 0.5) is 0 Å². The molecular formula is C11H18N2O5S2. The van der Waals surface area contributed by atoms with Gasteiger partial charge in [0, 0.05) is 5.54 Å². The molecule has 0 radical (unpaired) electrons. The van der Waals surface area contributed by atoms with Crippen LogP contribution in [0, 0.1) is 0 Å². The second-order valence-corrected chi connectivity index (χ2v) is 9.06. The van der Waals surface area contributed by atoms with Crippen molar-refractivity contribution in [2.45, 2.75) is 30.5 Å². The third kappa shape index (κ3) is 3.40. The molecule has 1 aliphatic rings. The summed E-state index contributed by atoms with van der Waals surface area (Å²) in [4.78, 5) is 0. The van der Waals surface area contributed by atoms with Crippen molar-refractivity contribution >= 4 is 19.9 Å². The van der Waals surface area contributed by atoms with Crippen LogP contribution in [0.5, 0.6) is 0 Å². The molecule has 2 N–H and O–H groups in total. The second kappa shape index (κ2) is 5.14. The summed E-state index contributed by atoms with van der Waals surface area (Å²) >= 11 is 0. The van der Waals surface area contributed by atoms with Crippen LogP contribution in [0.15, 0.2) is 21.6 Å². The minimum atomic E-state index is -3.86. The number of rotatable bonds is 5. The van der Waals surface area contributed by atoms with Gasteiger partial charge in [-0.15, -0.1) is 0 Å². The van der Waals surface area contributed by atoms with Crippen LogP contribution in [-0.4, -0.2) is 40.9 Å². The zero-order chi connectivity index (χ0) is 15.0. The largest absolute Gasteiger partial charge is 0.447 e. The fourth-order valence-corrected chi connectivity index (χ4v) is 5.81. The Morgan fingerprint density at radius 3 is 2.65 bits per heavy atom. The molecule has 2 heterocycles. The lowest BCUT2D eigenvalue weighted by Gasteiger charge is -2.22. The van der Waals surface area contributed by atoms with E-state index in [1.54, 1.807) is 20.0 Å². The Balaban J connectivity index is 2.19. The summed E-state index contributed by atoms with van der Waals surface area (Å²) in [5.74, 6) is 0.301. The zero-order valence-electron chi connectivity index (χ0n) is 11.3. The summed E-state index contributed by atoms with van der Waals surface area (Å²) in [6.45, 7) is 2.01. The van der Waals surface area contributed by atoms with Crippen LogP contribution < -0.4 is 10.0 Å². The van der Waals surface area contributed by atoms with Gasteiger partial charge in [-0.1, -0.05) is 0 Å². The highest BCUT2D eigenvalue weighted by Gasteiger charge is 2.42. The third-order valence-electron chi connectivity index (χ3n) is 3.14. The average molecular weight is 322 g/mol. The van der Waals surface area contributed by atoms with Gasteiger partial charge in [-0.25, -0.2) is 21.6 Å². The molecule has 1 saturated heterocycles. The molecule has 9 heteroatoms. The zero-order valence-corrected chi connectivity index (χ0v) is 13.0. The lowest BCUT2D eigenvalue weighted by molar-refractivity contribution is 0.393. The first-order valence-corrected chi connectivity index (χ1v) is 9.44. The maximum atomic E-state index is 12.2. The van der Waals surface area contributed by atoms with Crippen molar-refractivity contribution in [3.05, 3.63) is 17.9 Å². The maximum absolute atomic E-state index is 12.2. The quantitative estimate of drug-likeness (QED) is 0.781. The van der Waals surface area contributed by atoms with E-state index in [0.717, 1.165) is 0 Å². The first-order chi connectivity index (χ1) is 9.16. The van der Waals surface area contributed by atoms with Gasteiger partial charge in [-0.05, 0) is 32.5 Å². The van der Waals surface area contributed by atoms with Gasteiger partial charge in [0.25, 0.3) is 10.0 Å². The predicted octanol–water partition coefficient (Wildman–Crippen LogP) is -0.145. The van der Waals surface area contributed by atoms with Crippen molar-refractivity contribution in [2.24, 2.45) is 0 Å². The molecule has 0 aromatic carbocycles. The minimum Gasteiger partial charge on any atom is -0.447 e. The lowest BCUT2D eigenvalue weighted by atomic mass is 10.0. The van der Waals surface area contributed by atoms with Crippen molar-refractivity contribution < 1.29 is 21.3 Å². The minimum absolute atomic E-state index is 0.00478. The van der Waals surface area contributed by atoms with Gasteiger partial charge in [0.2, 0.25) is 5.09 Å². The smallest absolute Gasteiger partial charge is 0.274 e. The second-order valence-electron chi connectivity index (χ2n) is 5.26. The standard InChI is InChI=1S/C11H18N2O5S2/c1-11(5-6-19(14,15)8-11)13-20(16,17)10-4-3-9(18-10)7-12-2/h3-4,12-13H,5-8H2,1-2H3. The van der Waals surface area contributed by atoms with Crippen molar-refractivity contribution in [1.82, 2.24) is 10.0 Å². The van der Waals surface area contributed by atoms with E-state index in [0.29, 0.717) is 12.3 Å². The summed E-state index contributed by atoms with van der Waals surface area (Å²) < 4.78 is 55.1. The van der Waals surface area contributed by atoms with Gasteiger partial charge in [0.1, 0.15) is 5.76 Å². The lowest BCUT2D eigenvalue weighted by Crippen LogP contribution is -2.46. The molecule has 1 aromatic rings. The molecule has 7 nitrogen and oxygen atoms in total. The number of hydrogen-bond acceptors (Lipinski definition) is 6. The van der Waals surface area contributed by atoms with Gasteiger partial charge in [0.15, 0.2) is 9.84 Å². The molecule has 1 aliphatic heterocycles. The van der Waals surface area contributed by atoms with Crippen LogP contribution in [0.25, 0.3) is 0 Å². The number of nitrogens with one attached hydrogen (secondary N) is 2. The Morgan fingerprint density at radius 2 is 2.10 bits per heavy atom. The number of hydrogen-bond donors (Lipinski definition) is 2. The first-order valence-electron chi connectivity index (χ1n) is 6.14. The Hall–Kier alpha value is -0.900. The van der Waals surface area contributed by atoms with E-state index >= 15 is 0 Å². The SMILES string of the molecule is CNCc1ccc(S(=O)(=O)NC2(C)CCS(=O)(=O)C2)o1. The number of furan rings is 1. The Kier molecular flexibility index (Phi) is 3.98. The van der Waals surface area contributed by atoms with Crippen LogP contribution in [-0.2, 0) is 26.4 Å². The summed E-state index contributed by atoms with van der Waals surface area (Å²) in [5, 5.41) is 2.65. The van der Waals surface area contributed by atoms with Crippen LogP contribution >= 0.6 is 0 Å². The molecular weight excluding hydrogens is 304 g/mol. The molecule has 0 amide bonds. The summed E-state index contributed by atoms with van der Waals surface area (Å²) in [5.41, 5.74) is -0.979. The van der Waals surface area contributed by atoms with Crippen molar-refractivity contribution in [2.75, 3.05) is 18.6 Å². The van der Waals surface area contributed by atoms with Gasteiger partial charge >= 0.3 is 0 Å². The fraction of sp³-hybridized carbons (Fsp3) is 0.636. The maximum Gasteiger partial charge on any atom is 0.274 e. The molecule has 0 spiro atoms.